The summed E-state index contributed by atoms with van der Waals surface area (Å²) in [7, 11) is 4.55. The van der Waals surface area contributed by atoms with Crippen molar-refractivity contribution in [3.63, 3.8) is 0 Å². The van der Waals surface area contributed by atoms with Gasteiger partial charge in [-0.2, -0.15) is 0 Å². The van der Waals surface area contributed by atoms with Crippen molar-refractivity contribution in [2.75, 3.05) is 21.3 Å². The second kappa shape index (κ2) is 7.73. The number of para-hydroxylation sites is 1. The molecule has 0 radical (unpaired) electrons. The third-order valence-corrected chi connectivity index (χ3v) is 3.57. The molecule has 2 aromatic carbocycles. The third kappa shape index (κ3) is 3.53. The second-order valence-corrected chi connectivity index (χ2v) is 5.13. The van der Waals surface area contributed by atoms with Crippen LogP contribution in [-0.2, 0) is 6.61 Å². The average molecular weight is 360 g/mol. The van der Waals surface area contributed by atoms with E-state index >= 15 is 0 Å². The molecule has 1 aromatic heterocycles. The van der Waals surface area contributed by atoms with Gasteiger partial charge in [0.2, 0.25) is 11.6 Å². The van der Waals surface area contributed by atoms with Gasteiger partial charge in [-0.05, 0) is 24.3 Å². The molecule has 26 heavy (non-hydrogen) atoms. The monoisotopic (exact) mass is 360 g/mol. The van der Waals surface area contributed by atoms with Crippen molar-refractivity contribution >= 4 is 0 Å². The molecule has 1 heterocycles. The standard InChI is InChI=1S/C18H17FN2O5/c1-22-14-8-11(9-15(23-2)17(14)24-3)18-21-20-16(26-18)10-25-13-7-5-4-6-12(13)19/h4-9H,10H2,1-3H3. The Bertz CT molecular complexity index is 872. The van der Waals surface area contributed by atoms with Crippen molar-refractivity contribution < 1.29 is 27.8 Å². The Labute approximate surface area is 149 Å². The predicted molar refractivity (Wildman–Crippen MR) is 90.1 cm³/mol. The Hall–Kier alpha value is -3.29. The van der Waals surface area contributed by atoms with Crippen molar-refractivity contribution in [2.45, 2.75) is 6.61 Å². The van der Waals surface area contributed by atoms with E-state index in [1.807, 2.05) is 0 Å². The molecule has 0 aliphatic carbocycles. The van der Waals surface area contributed by atoms with Crippen LogP contribution in [-0.4, -0.2) is 31.5 Å². The number of benzene rings is 2. The summed E-state index contributed by atoms with van der Waals surface area (Å²) in [5, 5.41) is 7.90. The van der Waals surface area contributed by atoms with Gasteiger partial charge in [0, 0.05) is 5.56 Å². The molecular formula is C18H17FN2O5. The number of rotatable bonds is 7. The molecular weight excluding hydrogens is 343 g/mol. The van der Waals surface area contributed by atoms with E-state index in [1.165, 1.54) is 33.5 Å². The minimum atomic E-state index is -0.461. The summed E-state index contributed by atoms with van der Waals surface area (Å²) in [6, 6.07) is 9.47. The molecule has 0 atom stereocenters. The Balaban J connectivity index is 1.82. The topological polar surface area (TPSA) is 75.8 Å². The minimum Gasteiger partial charge on any atom is -0.493 e. The Morgan fingerprint density at radius 2 is 1.62 bits per heavy atom. The predicted octanol–water partition coefficient (Wildman–Crippen LogP) is 3.48. The average Bonchev–Trinajstić information content (AvgIpc) is 3.15. The zero-order chi connectivity index (χ0) is 18.5. The first-order valence-electron chi connectivity index (χ1n) is 7.66. The van der Waals surface area contributed by atoms with Gasteiger partial charge in [-0.3, -0.25) is 0 Å². The maximum atomic E-state index is 13.6. The van der Waals surface area contributed by atoms with Crippen LogP contribution in [0.3, 0.4) is 0 Å². The normalized spacial score (nSPS) is 10.5. The van der Waals surface area contributed by atoms with Crippen molar-refractivity contribution in [3.05, 3.63) is 48.1 Å². The number of aromatic nitrogens is 2. The van der Waals surface area contributed by atoms with Gasteiger partial charge in [0.1, 0.15) is 0 Å². The lowest BCUT2D eigenvalue weighted by molar-refractivity contribution is 0.253. The van der Waals surface area contributed by atoms with E-state index in [9.17, 15) is 4.39 Å². The molecule has 0 amide bonds. The summed E-state index contributed by atoms with van der Waals surface area (Å²) >= 11 is 0. The van der Waals surface area contributed by atoms with Gasteiger partial charge >= 0.3 is 0 Å². The fourth-order valence-electron chi connectivity index (χ4n) is 2.33. The molecule has 0 saturated carbocycles. The van der Waals surface area contributed by atoms with Crippen molar-refractivity contribution in [2.24, 2.45) is 0 Å². The second-order valence-electron chi connectivity index (χ2n) is 5.13. The highest BCUT2D eigenvalue weighted by Gasteiger charge is 2.17. The van der Waals surface area contributed by atoms with Crippen LogP contribution in [0.4, 0.5) is 4.39 Å². The van der Waals surface area contributed by atoms with E-state index in [0.29, 0.717) is 22.8 Å². The summed E-state index contributed by atoms with van der Waals surface area (Å²) in [4.78, 5) is 0. The van der Waals surface area contributed by atoms with Crippen LogP contribution < -0.4 is 18.9 Å². The number of methoxy groups -OCH3 is 3. The quantitative estimate of drug-likeness (QED) is 0.638. The molecule has 3 aromatic rings. The van der Waals surface area contributed by atoms with Crippen molar-refractivity contribution in [1.82, 2.24) is 10.2 Å². The fraction of sp³-hybridized carbons (Fsp3) is 0.222. The first-order valence-corrected chi connectivity index (χ1v) is 7.66. The first-order chi connectivity index (χ1) is 12.7. The van der Waals surface area contributed by atoms with Gasteiger partial charge in [-0.15, -0.1) is 10.2 Å². The van der Waals surface area contributed by atoms with Crippen LogP contribution >= 0.6 is 0 Å². The van der Waals surface area contributed by atoms with E-state index in [0.717, 1.165) is 0 Å². The molecule has 8 heteroatoms. The SMILES string of the molecule is COc1cc(-c2nnc(COc3ccccc3F)o2)cc(OC)c1OC. The maximum Gasteiger partial charge on any atom is 0.254 e. The van der Waals surface area contributed by atoms with E-state index in [4.69, 9.17) is 23.4 Å². The van der Waals surface area contributed by atoms with Gasteiger partial charge in [-0.1, -0.05) is 12.1 Å². The lowest BCUT2D eigenvalue weighted by atomic mass is 10.2. The zero-order valence-corrected chi connectivity index (χ0v) is 14.5. The molecule has 0 saturated heterocycles. The number of halogens is 1. The van der Waals surface area contributed by atoms with Crippen LogP contribution in [0.2, 0.25) is 0 Å². The highest BCUT2D eigenvalue weighted by Crippen LogP contribution is 2.40. The lowest BCUT2D eigenvalue weighted by Crippen LogP contribution is -1.97. The number of ether oxygens (including phenoxy) is 4. The number of hydrogen-bond acceptors (Lipinski definition) is 7. The summed E-state index contributed by atoms with van der Waals surface area (Å²) < 4.78 is 40.4. The van der Waals surface area contributed by atoms with Crippen LogP contribution in [0.25, 0.3) is 11.5 Å². The summed E-state index contributed by atoms with van der Waals surface area (Å²) in [5.74, 6) is 1.49. The Morgan fingerprint density at radius 3 is 2.23 bits per heavy atom. The van der Waals surface area contributed by atoms with Gasteiger partial charge in [0.05, 0.1) is 21.3 Å². The molecule has 0 bridgehead atoms. The first kappa shape index (κ1) is 17.5. The molecule has 0 unspecified atom stereocenters. The largest absolute Gasteiger partial charge is 0.493 e. The molecule has 7 nitrogen and oxygen atoms in total. The molecule has 3 rings (SSSR count). The van der Waals surface area contributed by atoms with Crippen LogP contribution in [0.15, 0.2) is 40.8 Å². The van der Waals surface area contributed by atoms with Crippen LogP contribution in [0.1, 0.15) is 5.89 Å². The summed E-state index contributed by atoms with van der Waals surface area (Å²) in [5.41, 5.74) is 0.587. The maximum absolute atomic E-state index is 13.6. The van der Waals surface area contributed by atoms with E-state index < -0.39 is 5.82 Å². The minimum absolute atomic E-state index is 0.0572. The van der Waals surface area contributed by atoms with Gasteiger partial charge in [-0.25, -0.2) is 4.39 Å². The van der Waals surface area contributed by atoms with Crippen LogP contribution in [0.5, 0.6) is 23.0 Å². The van der Waals surface area contributed by atoms with Crippen molar-refractivity contribution in [3.8, 4) is 34.5 Å². The van der Waals surface area contributed by atoms with Crippen LogP contribution in [0, 0.1) is 5.82 Å². The zero-order valence-electron chi connectivity index (χ0n) is 14.5. The molecule has 0 aliphatic heterocycles. The fourth-order valence-corrected chi connectivity index (χ4v) is 2.33. The van der Waals surface area contributed by atoms with Gasteiger partial charge in [0.25, 0.3) is 5.89 Å². The third-order valence-electron chi connectivity index (χ3n) is 3.57. The lowest BCUT2D eigenvalue weighted by Gasteiger charge is -2.12. The summed E-state index contributed by atoms with van der Waals surface area (Å²) in [6.07, 6.45) is 0. The molecule has 0 fully saturated rings. The smallest absolute Gasteiger partial charge is 0.254 e. The van der Waals surface area contributed by atoms with Gasteiger partial charge < -0.3 is 23.4 Å². The Morgan fingerprint density at radius 1 is 0.923 bits per heavy atom. The highest BCUT2D eigenvalue weighted by atomic mass is 19.1. The van der Waals surface area contributed by atoms with E-state index in [2.05, 4.69) is 10.2 Å². The van der Waals surface area contributed by atoms with E-state index in [-0.39, 0.29) is 24.1 Å². The summed E-state index contributed by atoms with van der Waals surface area (Å²) in [6.45, 7) is -0.0572. The molecule has 0 aliphatic rings. The van der Waals surface area contributed by atoms with Crippen molar-refractivity contribution in [1.29, 1.82) is 0 Å². The Kier molecular flexibility index (Phi) is 5.21. The molecule has 0 spiro atoms. The number of nitrogens with zero attached hydrogens (tertiary/aromatic N) is 2. The highest BCUT2D eigenvalue weighted by molar-refractivity contribution is 5.65. The van der Waals surface area contributed by atoms with E-state index in [1.54, 1.807) is 24.3 Å². The molecule has 0 N–H and O–H groups in total. The van der Waals surface area contributed by atoms with Gasteiger partial charge in [0.15, 0.2) is 29.7 Å². The molecule has 136 valence electrons. The number of hydrogen-bond donors (Lipinski definition) is 0.